The summed E-state index contributed by atoms with van der Waals surface area (Å²) in [4.78, 5) is 42.8. The van der Waals surface area contributed by atoms with Crippen LogP contribution in [0.3, 0.4) is 0 Å². The van der Waals surface area contributed by atoms with Crippen molar-refractivity contribution in [2.45, 2.75) is 17.0 Å². The first-order valence-corrected chi connectivity index (χ1v) is 13.6. The van der Waals surface area contributed by atoms with Crippen LogP contribution in [0.2, 0.25) is 0 Å². The molecule has 0 spiro atoms. The van der Waals surface area contributed by atoms with Gasteiger partial charge in [0.15, 0.2) is 5.16 Å². The molecule has 1 aromatic heterocycles. The number of amides is 1. The van der Waals surface area contributed by atoms with E-state index in [1.807, 2.05) is 0 Å². The molecule has 190 valence electrons. The first kappa shape index (κ1) is 26.1. The number of nitrogens with one attached hydrogen (secondary N) is 1. The molecule has 0 radical (unpaired) electrons. The highest BCUT2D eigenvalue weighted by Gasteiger charge is 2.18. The minimum Gasteiger partial charge on any atom is -0.462 e. The van der Waals surface area contributed by atoms with Crippen LogP contribution in [0.25, 0.3) is 16.6 Å². The van der Waals surface area contributed by atoms with E-state index in [2.05, 4.69) is 10.3 Å². The third kappa shape index (κ3) is 5.88. The summed E-state index contributed by atoms with van der Waals surface area (Å²) in [7, 11) is -3.92. The molecule has 0 bridgehead atoms. The van der Waals surface area contributed by atoms with Gasteiger partial charge in [0.1, 0.15) is 0 Å². The Labute approximate surface area is 216 Å². The minimum absolute atomic E-state index is 0.105. The summed E-state index contributed by atoms with van der Waals surface area (Å²) in [5.74, 6) is -1.11. The Kier molecular flexibility index (Phi) is 7.71. The van der Waals surface area contributed by atoms with E-state index in [9.17, 15) is 22.8 Å². The van der Waals surface area contributed by atoms with Crippen LogP contribution in [0.5, 0.6) is 0 Å². The van der Waals surface area contributed by atoms with E-state index in [1.165, 1.54) is 28.8 Å². The van der Waals surface area contributed by atoms with Crippen LogP contribution in [0.4, 0.5) is 5.69 Å². The molecule has 4 rings (SSSR count). The van der Waals surface area contributed by atoms with Gasteiger partial charge in [-0.2, -0.15) is 0 Å². The Morgan fingerprint density at radius 3 is 2.41 bits per heavy atom. The number of hydrogen-bond acceptors (Lipinski definition) is 8. The lowest BCUT2D eigenvalue weighted by Gasteiger charge is -2.14. The number of primary sulfonamides is 1. The van der Waals surface area contributed by atoms with Gasteiger partial charge in [-0.25, -0.2) is 23.3 Å². The largest absolute Gasteiger partial charge is 0.462 e. The third-order valence-electron chi connectivity index (χ3n) is 5.20. The quantitative estimate of drug-likeness (QED) is 0.197. The molecule has 0 aliphatic rings. The highest BCUT2D eigenvalue weighted by molar-refractivity contribution is 7.99. The number of fused-ring (bicyclic) bond motifs is 1. The number of thioether (sulfide) groups is 1. The number of para-hydroxylation sites is 2. The van der Waals surface area contributed by atoms with Crippen molar-refractivity contribution >= 4 is 50.3 Å². The van der Waals surface area contributed by atoms with Gasteiger partial charge in [-0.1, -0.05) is 36.0 Å². The van der Waals surface area contributed by atoms with Crippen molar-refractivity contribution < 1.29 is 22.7 Å². The van der Waals surface area contributed by atoms with E-state index in [1.54, 1.807) is 55.5 Å². The fraction of sp³-hybridized carbons (Fsp3) is 0.120. The lowest BCUT2D eigenvalue weighted by molar-refractivity contribution is -0.113. The number of carbonyl (C=O) groups is 2. The smallest absolute Gasteiger partial charge is 0.340 e. The fourth-order valence-corrected chi connectivity index (χ4v) is 4.85. The molecular formula is C25H22N4O6S2. The fourth-order valence-electron chi connectivity index (χ4n) is 3.52. The van der Waals surface area contributed by atoms with Gasteiger partial charge in [-0.15, -0.1) is 0 Å². The Morgan fingerprint density at radius 2 is 1.70 bits per heavy atom. The molecule has 0 saturated carbocycles. The number of hydrogen-bond donors (Lipinski definition) is 2. The lowest BCUT2D eigenvalue weighted by atomic mass is 10.2. The van der Waals surface area contributed by atoms with Crippen molar-refractivity contribution in [3.05, 3.63) is 88.7 Å². The van der Waals surface area contributed by atoms with E-state index >= 15 is 0 Å². The number of anilines is 1. The van der Waals surface area contributed by atoms with E-state index < -0.39 is 21.9 Å². The average molecular weight is 539 g/mol. The van der Waals surface area contributed by atoms with Crippen LogP contribution in [0.1, 0.15) is 17.3 Å². The van der Waals surface area contributed by atoms with E-state index in [-0.39, 0.29) is 33.5 Å². The molecular weight excluding hydrogens is 516 g/mol. The number of esters is 1. The van der Waals surface area contributed by atoms with Crippen molar-refractivity contribution in [3.63, 3.8) is 0 Å². The minimum atomic E-state index is -3.92. The summed E-state index contributed by atoms with van der Waals surface area (Å²) in [5, 5.41) is 8.46. The van der Waals surface area contributed by atoms with Gasteiger partial charge >= 0.3 is 5.97 Å². The second-order valence-electron chi connectivity index (χ2n) is 7.69. The summed E-state index contributed by atoms with van der Waals surface area (Å²) < 4.78 is 29.6. The Balaban J connectivity index is 1.65. The topological polar surface area (TPSA) is 150 Å². The van der Waals surface area contributed by atoms with Gasteiger partial charge in [0.05, 0.1) is 45.1 Å². The SMILES string of the molecule is CCOC(=O)c1ccccc1NC(=O)CSc1nc2ccccc2c(=O)n1-c1ccc(S(N)(=O)=O)cc1. The number of nitrogens with two attached hydrogens (primary N) is 1. The Morgan fingerprint density at radius 1 is 1.03 bits per heavy atom. The van der Waals surface area contributed by atoms with E-state index in [4.69, 9.17) is 9.88 Å². The van der Waals surface area contributed by atoms with Gasteiger partial charge in [0.25, 0.3) is 5.56 Å². The molecule has 10 nitrogen and oxygen atoms in total. The number of rotatable bonds is 8. The second kappa shape index (κ2) is 10.9. The molecule has 0 fully saturated rings. The van der Waals surface area contributed by atoms with Gasteiger partial charge in [-0.3, -0.25) is 14.2 Å². The monoisotopic (exact) mass is 538 g/mol. The summed E-state index contributed by atoms with van der Waals surface area (Å²) in [5.41, 5.74) is 0.934. The second-order valence-corrected chi connectivity index (χ2v) is 10.2. The summed E-state index contributed by atoms with van der Waals surface area (Å²) in [6.45, 7) is 1.88. The molecule has 0 aliphatic heterocycles. The van der Waals surface area contributed by atoms with E-state index in [0.29, 0.717) is 22.3 Å². The number of benzene rings is 3. The van der Waals surface area contributed by atoms with Crippen LogP contribution in [-0.2, 0) is 19.6 Å². The normalized spacial score (nSPS) is 11.3. The van der Waals surface area contributed by atoms with Crippen molar-refractivity contribution in [1.82, 2.24) is 9.55 Å². The highest BCUT2D eigenvalue weighted by Crippen LogP contribution is 2.23. The summed E-state index contributed by atoms with van der Waals surface area (Å²) in [6.07, 6.45) is 0. The standard InChI is InChI=1S/C25H22N4O6S2/c1-2-35-24(32)19-8-4-6-10-21(19)27-22(30)15-36-25-28-20-9-5-3-7-18(20)23(31)29(25)16-11-13-17(14-12-16)37(26,33)34/h3-14H,2,15H2,1H3,(H,27,30)(H2,26,33,34). The average Bonchev–Trinajstić information content (AvgIpc) is 2.87. The number of carbonyl (C=O) groups excluding carboxylic acids is 2. The number of aromatic nitrogens is 2. The van der Waals surface area contributed by atoms with Gasteiger partial charge in [0, 0.05) is 0 Å². The number of ether oxygens (including phenoxy) is 1. The Bertz CT molecular complexity index is 1650. The van der Waals surface area contributed by atoms with Crippen LogP contribution >= 0.6 is 11.8 Å². The maximum atomic E-state index is 13.4. The lowest BCUT2D eigenvalue weighted by Crippen LogP contribution is -2.23. The zero-order chi connectivity index (χ0) is 26.6. The highest BCUT2D eigenvalue weighted by atomic mass is 32.2. The zero-order valence-corrected chi connectivity index (χ0v) is 21.2. The first-order chi connectivity index (χ1) is 17.7. The predicted octanol–water partition coefficient (Wildman–Crippen LogP) is 2.94. The van der Waals surface area contributed by atoms with Crippen molar-refractivity contribution in [3.8, 4) is 5.69 Å². The molecule has 0 saturated heterocycles. The molecule has 0 unspecified atom stereocenters. The van der Waals surface area contributed by atoms with Crippen LogP contribution < -0.4 is 16.0 Å². The maximum absolute atomic E-state index is 13.4. The predicted molar refractivity (Wildman–Crippen MR) is 140 cm³/mol. The number of sulfonamides is 1. The molecule has 0 aliphatic carbocycles. The van der Waals surface area contributed by atoms with E-state index in [0.717, 1.165) is 11.8 Å². The molecule has 3 aromatic carbocycles. The van der Waals surface area contributed by atoms with Gasteiger partial charge in [0.2, 0.25) is 15.9 Å². The summed E-state index contributed by atoms with van der Waals surface area (Å²) >= 11 is 1.01. The van der Waals surface area contributed by atoms with Crippen molar-refractivity contribution in [2.75, 3.05) is 17.7 Å². The van der Waals surface area contributed by atoms with Crippen LogP contribution in [-0.4, -0.2) is 42.2 Å². The maximum Gasteiger partial charge on any atom is 0.340 e. The first-order valence-electron chi connectivity index (χ1n) is 11.0. The molecule has 12 heteroatoms. The summed E-state index contributed by atoms with van der Waals surface area (Å²) in [6, 6.07) is 18.7. The molecule has 37 heavy (non-hydrogen) atoms. The molecule has 1 heterocycles. The van der Waals surface area contributed by atoms with Crippen molar-refractivity contribution in [1.29, 1.82) is 0 Å². The molecule has 4 aromatic rings. The Hall–Kier alpha value is -4.00. The van der Waals surface area contributed by atoms with Crippen molar-refractivity contribution in [2.24, 2.45) is 5.14 Å². The molecule has 1 amide bonds. The van der Waals surface area contributed by atoms with Crippen LogP contribution in [0, 0.1) is 0 Å². The molecule has 0 atom stereocenters. The zero-order valence-electron chi connectivity index (χ0n) is 19.6. The molecule has 3 N–H and O–H groups in total. The van der Waals surface area contributed by atoms with Gasteiger partial charge in [-0.05, 0) is 55.5 Å². The number of nitrogens with zero attached hydrogens (tertiary/aromatic N) is 2. The van der Waals surface area contributed by atoms with Crippen LogP contribution in [0.15, 0.2) is 87.6 Å². The van der Waals surface area contributed by atoms with Gasteiger partial charge < -0.3 is 10.1 Å². The third-order valence-corrected chi connectivity index (χ3v) is 7.07.